The molecule has 10 nitrogen and oxygen atoms in total. The predicted molar refractivity (Wildman–Crippen MR) is 103 cm³/mol. The molecule has 0 saturated heterocycles. The largest absolute Gasteiger partial charge is 0.478 e. The van der Waals surface area contributed by atoms with Crippen molar-refractivity contribution in [2.24, 2.45) is 0 Å². The van der Waals surface area contributed by atoms with Gasteiger partial charge in [-0.05, 0) is 59.0 Å². The Morgan fingerprint density at radius 3 is 2.34 bits per heavy atom. The van der Waals surface area contributed by atoms with Crippen molar-refractivity contribution in [3.8, 4) is 5.69 Å². The zero-order chi connectivity index (χ0) is 20.8. The van der Waals surface area contributed by atoms with Crippen molar-refractivity contribution in [2.75, 3.05) is 18.2 Å². The predicted octanol–water partition coefficient (Wildman–Crippen LogP) is 1.88. The summed E-state index contributed by atoms with van der Waals surface area (Å²) in [6.45, 7) is 0. The molecule has 0 fully saturated rings. The number of methoxy groups -OCH3 is 1. The molecule has 1 aromatic heterocycles. The molecule has 0 aliphatic heterocycles. The van der Waals surface area contributed by atoms with Crippen molar-refractivity contribution < 1.29 is 24.2 Å². The topological polar surface area (TPSA) is 136 Å². The van der Waals surface area contributed by atoms with E-state index in [2.05, 4.69) is 25.6 Å². The summed E-state index contributed by atoms with van der Waals surface area (Å²) in [7, 11) is 1.29. The minimum Gasteiger partial charge on any atom is -0.478 e. The lowest BCUT2D eigenvalue weighted by Gasteiger charge is -2.07. The van der Waals surface area contributed by atoms with Gasteiger partial charge in [0.25, 0.3) is 0 Å². The number of anilines is 1. The first-order valence-corrected chi connectivity index (χ1v) is 9.19. The Kier molecular flexibility index (Phi) is 6.19. The van der Waals surface area contributed by atoms with E-state index in [-0.39, 0.29) is 17.2 Å². The third kappa shape index (κ3) is 4.96. The Morgan fingerprint density at radius 1 is 1.07 bits per heavy atom. The highest BCUT2D eigenvalue weighted by Gasteiger charge is 2.13. The highest BCUT2D eigenvalue weighted by Crippen LogP contribution is 2.19. The van der Waals surface area contributed by atoms with Crippen LogP contribution < -0.4 is 5.32 Å². The van der Waals surface area contributed by atoms with Crippen LogP contribution in [0.25, 0.3) is 5.69 Å². The summed E-state index contributed by atoms with van der Waals surface area (Å²) >= 11 is 1.12. The summed E-state index contributed by atoms with van der Waals surface area (Å²) in [4.78, 5) is 34.5. The third-order valence-electron chi connectivity index (χ3n) is 3.72. The second-order valence-corrected chi connectivity index (χ2v) is 6.57. The number of carbonyl (C=O) groups is 3. The molecule has 3 rings (SSSR count). The first-order valence-electron chi connectivity index (χ1n) is 8.21. The van der Waals surface area contributed by atoms with E-state index in [1.165, 1.54) is 23.9 Å². The number of hydrogen-bond donors (Lipinski definition) is 2. The fraction of sp³-hybridized carbons (Fsp3) is 0.111. The van der Waals surface area contributed by atoms with Crippen LogP contribution in [0.5, 0.6) is 0 Å². The van der Waals surface area contributed by atoms with Gasteiger partial charge in [0.15, 0.2) is 0 Å². The van der Waals surface area contributed by atoms with Crippen molar-refractivity contribution >= 4 is 35.3 Å². The smallest absolute Gasteiger partial charge is 0.337 e. The Hall–Kier alpha value is -3.73. The molecule has 29 heavy (non-hydrogen) atoms. The normalized spacial score (nSPS) is 10.4. The number of carboxylic acids is 1. The van der Waals surface area contributed by atoms with Crippen LogP contribution in [-0.2, 0) is 9.53 Å². The highest BCUT2D eigenvalue weighted by atomic mass is 32.2. The molecule has 1 heterocycles. The molecule has 2 aromatic carbocycles. The number of amides is 1. The van der Waals surface area contributed by atoms with E-state index in [1.807, 2.05) is 0 Å². The van der Waals surface area contributed by atoms with Gasteiger partial charge in [-0.1, -0.05) is 11.8 Å². The van der Waals surface area contributed by atoms with Gasteiger partial charge in [0.1, 0.15) is 0 Å². The average Bonchev–Trinajstić information content (AvgIpc) is 3.21. The monoisotopic (exact) mass is 413 g/mol. The minimum atomic E-state index is -1.03. The number of aromatic carboxylic acids is 1. The van der Waals surface area contributed by atoms with E-state index >= 15 is 0 Å². The molecule has 0 bridgehead atoms. The van der Waals surface area contributed by atoms with E-state index in [0.717, 1.165) is 11.8 Å². The Balaban J connectivity index is 1.60. The molecule has 0 radical (unpaired) electrons. The molecule has 148 valence electrons. The maximum Gasteiger partial charge on any atom is 0.337 e. The Morgan fingerprint density at radius 2 is 1.72 bits per heavy atom. The van der Waals surface area contributed by atoms with Crippen molar-refractivity contribution in [3.63, 3.8) is 0 Å². The number of thioether (sulfide) groups is 1. The van der Waals surface area contributed by atoms with Gasteiger partial charge in [-0.15, -0.1) is 5.10 Å². The number of nitrogens with zero attached hydrogens (tertiary/aromatic N) is 4. The van der Waals surface area contributed by atoms with E-state index in [0.29, 0.717) is 22.1 Å². The first-order chi connectivity index (χ1) is 14.0. The van der Waals surface area contributed by atoms with E-state index in [9.17, 15) is 14.4 Å². The zero-order valence-corrected chi connectivity index (χ0v) is 15.9. The first kappa shape index (κ1) is 20.0. The summed E-state index contributed by atoms with van der Waals surface area (Å²) in [5.74, 6) is -1.72. The molecule has 1 amide bonds. The Labute approximate surface area is 168 Å². The number of ether oxygens (including phenoxy) is 1. The number of nitrogens with one attached hydrogen (secondary N) is 1. The third-order valence-corrected chi connectivity index (χ3v) is 4.64. The molecule has 0 spiro atoms. The van der Waals surface area contributed by atoms with Gasteiger partial charge in [0, 0.05) is 5.69 Å². The number of carbonyl (C=O) groups excluding carboxylic acids is 2. The molecular weight excluding hydrogens is 398 g/mol. The summed E-state index contributed by atoms with van der Waals surface area (Å²) in [6, 6.07) is 12.3. The van der Waals surface area contributed by atoms with E-state index in [1.54, 1.807) is 36.4 Å². The van der Waals surface area contributed by atoms with Gasteiger partial charge in [-0.25, -0.2) is 9.59 Å². The van der Waals surface area contributed by atoms with Crippen LogP contribution in [0.4, 0.5) is 5.69 Å². The average molecular weight is 413 g/mol. The number of carboxylic acid groups (broad SMARTS) is 1. The van der Waals surface area contributed by atoms with Crippen molar-refractivity contribution in [2.45, 2.75) is 5.16 Å². The lowest BCUT2D eigenvalue weighted by atomic mass is 10.2. The fourth-order valence-corrected chi connectivity index (χ4v) is 3.00. The number of rotatable bonds is 7. The maximum absolute atomic E-state index is 12.2. The van der Waals surface area contributed by atoms with Crippen molar-refractivity contribution in [1.82, 2.24) is 20.2 Å². The standard InChI is InChI=1S/C18H15N5O5S/c1-28-17(27)12-2-6-13(7-3-12)19-15(24)10-29-18-20-21-22-23(18)14-8-4-11(5-9-14)16(25)26/h2-9H,10H2,1H3,(H,19,24)(H,25,26). The maximum atomic E-state index is 12.2. The van der Waals surface area contributed by atoms with Crippen molar-refractivity contribution in [1.29, 1.82) is 0 Å². The van der Waals surface area contributed by atoms with Crippen LogP contribution >= 0.6 is 11.8 Å². The van der Waals surface area contributed by atoms with Crippen LogP contribution in [0, 0.1) is 0 Å². The second kappa shape index (κ2) is 8.97. The fourth-order valence-electron chi connectivity index (χ4n) is 2.31. The minimum absolute atomic E-state index is 0.0480. The van der Waals surface area contributed by atoms with Gasteiger partial charge in [0.2, 0.25) is 11.1 Å². The number of esters is 1. The van der Waals surface area contributed by atoms with E-state index in [4.69, 9.17) is 5.11 Å². The molecule has 0 aliphatic rings. The molecule has 0 aliphatic carbocycles. The molecule has 0 atom stereocenters. The molecule has 0 saturated carbocycles. The summed E-state index contributed by atoms with van der Waals surface area (Å²) in [6.07, 6.45) is 0. The summed E-state index contributed by atoms with van der Waals surface area (Å²) in [5.41, 5.74) is 1.63. The highest BCUT2D eigenvalue weighted by molar-refractivity contribution is 7.99. The van der Waals surface area contributed by atoms with Crippen LogP contribution in [0.1, 0.15) is 20.7 Å². The summed E-state index contributed by atoms with van der Waals surface area (Å²) in [5, 5.41) is 23.4. The quantitative estimate of drug-likeness (QED) is 0.439. The van der Waals surface area contributed by atoms with Gasteiger partial charge in [-0.3, -0.25) is 4.79 Å². The van der Waals surface area contributed by atoms with Crippen LogP contribution in [0.2, 0.25) is 0 Å². The molecule has 0 unspecified atom stereocenters. The number of tetrazole rings is 1. The lowest BCUT2D eigenvalue weighted by Crippen LogP contribution is -2.14. The van der Waals surface area contributed by atoms with Crippen LogP contribution in [0.15, 0.2) is 53.7 Å². The lowest BCUT2D eigenvalue weighted by molar-refractivity contribution is -0.113. The van der Waals surface area contributed by atoms with Gasteiger partial charge in [0.05, 0.1) is 29.7 Å². The number of hydrogen-bond acceptors (Lipinski definition) is 8. The number of benzene rings is 2. The van der Waals surface area contributed by atoms with Crippen LogP contribution in [0.3, 0.4) is 0 Å². The molecular formula is C18H15N5O5S. The summed E-state index contributed by atoms with van der Waals surface area (Å²) < 4.78 is 6.03. The SMILES string of the molecule is COC(=O)c1ccc(NC(=O)CSc2nnnn2-c2ccc(C(=O)O)cc2)cc1. The Bertz CT molecular complexity index is 1030. The number of aromatic nitrogens is 4. The van der Waals surface area contributed by atoms with Gasteiger partial charge >= 0.3 is 11.9 Å². The van der Waals surface area contributed by atoms with Gasteiger partial charge in [-0.2, -0.15) is 4.68 Å². The zero-order valence-electron chi connectivity index (χ0n) is 15.1. The molecule has 11 heteroatoms. The van der Waals surface area contributed by atoms with Crippen LogP contribution in [-0.4, -0.2) is 56.0 Å². The van der Waals surface area contributed by atoms with Gasteiger partial charge < -0.3 is 15.2 Å². The van der Waals surface area contributed by atoms with E-state index < -0.39 is 11.9 Å². The second-order valence-electron chi connectivity index (χ2n) is 5.63. The van der Waals surface area contributed by atoms with Crippen molar-refractivity contribution in [3.05, 3.63) is 59.7 Å². The molecule has 3 aromatic rings. The molecule has 2 N–H and O–H groups in total.